The van der Waals surface area contributed by atoms with Gasteiger partial charge >= 0.3 is 5.69 Å². The summed E-state index contributed by atoms with van der Waals surface area (Å²) in [6.45, 7) is 1.21. The van der Waals surface area contributed by atoms with E-state index in [9.17, 15) is 23.2 Å². The summed E-state index contributed by atoms with van der Waals surface area (Å²) in [6.07, 6.45) is 0.345. The maximum Gasteiger partial charge on any atom is 0.329 e. The van der Waals surface area contributed by atoms with Gasteiger partial charge in [0.1, 0.15) is 18.2 Å². The number of hydrogen-bond acceptors (Lipinski definition) is 3. The van der Waals surface area contributed by atoms with E-state index in [1.165, 1.54) is 6.07 Å². The monoisotopic (exact) mass is 373 g/mol. The number of rotatable bonds is 5. The van der Waals surface area contributed by atoms with Gasteiger partial charge in [-0.3, -0.25) is 14.2 Å². The molecule has 2 N–H and O–H groups in total. The number of fused-ring (bicyclic) bond motifs is 1. The molecule has 0 aliphatic rings. The molecule has 0 bridgehead atoms. The molecule has 3 rings (SSSR count). The molecule has 0 saturated carbocycles. The third kappa shape index (κ3) is 3.79. The average molecular weight is 373 g/mol. The van der Waals surface area contributed by atoms with Crippen LogP contribution in [0.1, 0.15) is 24.9 Å². The number of aromatic amines is 1. The number of H-pyrrole nitrogens is 1. The quantitative estimate of drug-likeness (QED) is 0.719. The molecule has 0 saturated heterocycles. The minimum absolute atomic E-state index is 0.131. The number of halogens is 2. The highest BCUT2D eigenvalue weighted by atomic mass is 19.1. The van der Waals surface area contributed by atoms with E-state index in [1.54, 1.807) is 31.2 Å². The van der Waals surface area contributed by atoms with Crippen LogP contribution < -0.4 is 16.6 Å². The molecule has 0 aliphatic carbocycles. The lowest BCUT2D eigenvalue weighted by Crippen LogP contribution is -2.41. The molecule has 8 heteroatoms. The van der Waals surface area contributed by atoms with Crippen LogP contribution in [0, 0.1) is 11.6 Å². The molecule has 1 atom stereocenters. The number of benzene rings is 2. The van der Waals surface area contributed by atoms with Crippen LogP contribution in [0.25, 0.3) is 10.9 Å². The standard InChI is InChI=1S/C19H17F2N3O3/c1-2-15(12-8-7-11(20)9-14(12)21)22-17(25)10-24-18(26)13-5-3-4-6-16(13)23-19(24)27/h3-9,15H,2,10H2,1H3,(H,22,25)(H,23,27)/t15-/m0/s1. The van der Waals surface area contributed by atoms with Crippen LogP contribution >= 0.6 is 0 Å². The fraction of sp³-hybridized carbons (Fsp3) is 0.211. The Labute approximate surface area is 152 Å². The van der Waals surface area contributed by atoms with Crippen LogP contribution in [0.4, 0.5) is 8.78 Å². The molecule has 0 fully saturated rings. The topological polar surface area (TPSA) is 84.0 Å². The molecule has 0 radical (unpaired) electrons. The van der Waals surface area contributed by atoms with Crippen molar-refractivity contribution >= 4 is 16.8 Å². The van der Waals surface area contributed by atoms with E-state index in [-0.39, 0.29) is 10.9 Å². The van der Waals surface area contributed by atoms with Crippen molar-refractivity contribution in [1.82, 2.24) is 14.9 Å². The molecule has 1 heterocycles. The first-order chi connectivity index (χ1) is 12.9. The lowest BCUT2D eigenvalue weighted by molar-refractivity contribution is -0.122. The lowest BCUT2D eigenvalue weighted by Gasteiger charge is -2.18. The molecule has 140 valence electrons. The number of para-hydroxylation sites is 1. The van der Waals surface area contributed by atoms with Gasteiger partial charge in [-0.2, -0.15) is 0 Å². The lowest BCUT2D eigenvalue weighted by atomic mass is 10.0. The zero-order chi connectivity index (χ0) is 19.6. The minimum Gasteiger partial charge on any atom is -0.348 e. The molecular formula is C19H17F2N3O3. The van der Waals surface area contributed by atoms with Gasteiger partial charge in [-0.05, 0) is 24.6 Å². The minimum atomic E-state index is -0.775. The van der Waals surface area contributed by atoms with E-state index < -0.39 is 41.4 Å². The molecule has 3 aromatic rings. The van der Waals surface area contributed by atoms with Crippen LogP contribution in [0.3, 0.4) is 0 Å². The van der Waals surface area contributed by atoms with Gasteiger partial charge in [0, 0.05) is 11.6 Å². The predicted octanol–water partition coefficient (Wildman–Crippen LogP) is 2.24. The van der Waals surface area contributed by atoms with E-state index in [0.29, 0.717) is 11.9 Å². The van der Waals surface area contributed by atoms with Crippen LogP contribution in [-0.4, -0.2) is 15.5 Å². The van der Waals surface area contributed by atoms with Crippen molar-refractivity contribution < 1.29 is 13.6 Å². The van der Waals surface area contributed by atoms with Gasteiger partial charge in [-0.15, -0.1) is 0 Å². The Kier molecular flexibility index (Phi) is 5.16. The maximum atomic E-state index is 14.0. The van der Waals surface area contributed by atoms with E-state index >= 15 is 0 Å². The third-order valence-corrected chi connectivity index (χ3v) is 4.27. The number of nitrogens with one attached hydrogen (secondary N) is 2. The summed E-state index contributed by atoms with van der Waals surface area (Å²) < 4.78 is 27.8. The average Bonchev–Trinajstić information content (AvgIpc) is 2.63. The largest absolute Gasteiger partial charge is 0.348 e. The van der Waals surface area contributed by atoms with Crippen molar-refractivity contribution in [2.45, 2.75) is 25.9 Å². The van der Waals surface area contributed by atoms with Gasteiger partial charge in [-0.25, -0.2) is 13.6 Å². The van der Waals surface area contributed by atoms with Crippen molar-refractivity contribution in [2.24, 2.45) is 0 Å². The summed E-state index contributed by atoms with van der Waals surface area (Å²) in [6, 6.07) is 8.85. The molecule has 1 aromatic heterocycles. The Balaban J connectivity index is 1.86. The number of carbonyl (C=O) groups is 1. The van der Waals surface area contributed by atoms with Crippen molar-refractivity contribution in [2.75, 3.05) is 0 Å². The SMILES string of the molecule is CC[C@H](NC(=O)Cn1c(=O)[nH]c2ccccc2c1=O)c1ccc(F)cc1F. The molecule has 27 heavy (non-hydrogen) atoms. The van der Waals surface area contributed by atoms with Crippen LogP contribution in [0.2, 0.25) is 0 Å². The number of nitrogens with zero attached hydrogens (tertiary/aromatic N) is 1. The van der Waals surface area contributed by atoms with Gasteiger partial charge in [0.25, 0.3) is 5.56 Å². The number of carbonyl (C=O) groups excluding carboxylic acids is 1. The first-order valence-corrected chi connectivity index (χ1v) is 8.37. The van der Waals surface area contributed by atoms with E-state index in [0.717, 1.165) is 16.7 Å². The van der Waals surface area contributed by atoms with Crippen molar-refractivity contribution in [3.8, 4) is 0 Å². The van der Waals surface area contributed by atoms with Crippen molar-refractivity contribution in [3.63, 3.8) is 0 Å². The van der Waals surface area contributed by atoms with E-state index in [4.69, 9.17) is 0 Å². The van der Waals surface area contributed by atoms with Crippen molar-refractivity contribution in [3.05, 3.63) is 80.5 Å². The summed E-state index contributed by atoms with van der Waals surface area (Å²) in [5.74, 6) is -2.12. The van der Waals surface area contributed by atoms with Gasteiger partial charge in [0.05, 0.1) is 16.9 Å². The van der Waals surface area contributed by atoms with Crippen molar-refractivity contribution in [1.29, 1.82) is 0 Å². The van der Waals surface area contributed by atoms with Crippen LogP contribution in [0.15, 0.2) is 52.1 Å². The second-order valence-corrected chi connectivity index (χ2v) is 6.06. The molecule has 1 amide bonds. The summed E-state index contributed by atoms with van der Waals surface area (Å²) in [5, 5.41) is 2.86. The Morgan fingerprint density at radius 1 is 1.19 bits per heavy atom. The van der Waals surface area contributed by atoms with Gasteiger partial charge in [-0.1, -0.05) is 25.1 Å². The molecule has 0 aliphatic heterocycles. The highest BCUT2D eigenvalue weighted by molar-refractivity contribution is 5.79. The smallest absolute Gasteiger partial charge is 0.329 e. The molecule has 2 aromatic carbocycles. The number of aromatic nitrogens is 2. The second kappa shape index (κ2) is 7.53. The van der Waals surface area contributed by atoms with Gasteiger partial charge in [0.15, 0.2) is 0 Å². The highest BCUT2D eigenvalue weighted by Crippen LogP contribution is 2.20. The zero-order valence-electron chi connectivity index (χ0n) is 14.5. The van der Waals surface area contributed by atoms with E-state index in [1.807, 2.05) is 0 Å². The van der Waals surface area contributed by atoms with Gasteiger partial charge in [0.2, 0.25) is 5.91 Å². The molecule has 0 unspecified atom stereocenters. The first kappa shape index (κ1) is 18.5. The number of hydrogen-bond donors (Lipinski definition) is 2. The fourth-order valence-corrected chi connectivity index (χ4v) is 2.91. The summed E-state index contributed by atoms with van der Waals surface area (Å²) in [4.78, 5) is 39.5. The van der Waals surface area contributed by atoms with E-state index in [2.05, 4.69) is 10.3 Å². The predicted molar refractivity (Wildman–Crippen MR) is 96.4 cm³/mol. The van der Waals surface area contributed by atoms with Gasteiger partial charge < -0.3 is 10.3 Å². The Hall–Kier alpha value is -3.29. The summed E-state index contributed by atoms with van der Waals surface area (Å²) in [5.41, 5.74) is -0.795. The molecule has 6 nitrogen and oxygen atoms in total. The Morgan fingerprint density at radius 2 is 1.93 bits per heavy atom. The fourth-order valence-electron chi connectivity index (χ4n) is 2.91. The third-order valence-electron chi connectivity index (χ3n) is 4.27. The van der Waals surface area contributed by atoms with Crippen LogP contribution in [0.5, 0.6) is 0 Å². The summed E-state index contributed by atoms with van der Waals surface area (Å²) >= 11 is 0. The second-order valence-electron chi connectivity index (χ2n) is 6.06. The zero-order valence-corrected chi connectivity index (χ0v) is 14.5. The Morgan fingerprint density at radius 3 is 2.63 bits per heavy atom. The molecular weight excluding hydrogens is 356 g/mol. The first-order valence-electron chi connectivity index (χ1n) is 8.37. The van der Waals surface area contributed by atoms with Crippen LogP contribution in [-0.2, 0) is 11.3 Å². The summed E-state index contributed by atoms with van der Waals surface area (Å²) in [7, 11) is 0. The molecule has 0 spiro atoms. The normalized spacial score (nSPS) is 12.1. The number of amides is 1. The maximum absolute atomic E-state index is 14.0. The highest BCUT2D eigenvalue weighted by Gasteiger charge is 2.18. The Bertz CT molecular complexity index is 1120.